The molecular formula is C15H17N3S. The Morgan fingerprint density at radius 2 is 2.37 bits per heavy atom. The summed E-state index contributed by atoms with van der Waals surface area (Å²) < 4.78 is 2.31. The molecule has 1 aliphatic rings. The van der Waals surface area contributed by atoms with Crippen molar-refractivity contribution < 1.29 is 0 Å². The third kappa shape index (κ3) is 2.23. The van der Waals surface area contributed by atoms with E-state index in [1.54, 1.807) is 0 Å². The highest BCUT2D eigenvalue weighted by molar-refractivity contribution is 7.99. The fourth-order valence-corrected chi connectivity index (χ4v) is 4.06. The first-order valence-corrected chi connectivity index (χ1v) is 7.90. The first kappa shape index (κ1) is 12.6. The van der Waals surface area contributed by atoms with E-state index in [9.17, 15) is 0 Å². The van der Waals surface area contributed by atoms with Gasteiger partial charge in [0, 0.05) is 6.54 Å². The SMILES string of the molecule is CCn1c(C2CCCCS2)nc2cc(C#N)ccc21. The van der Waals surface area contributed by atoms with E-state index in [0.29, 0.717) is 10.8 Å². The molecule has 0 bridgehead atoms. The molecule has 1 aromatic heterocycles. The Kier molecular flexibility index (Phi) is 3.48. The molecule has 1 unspecified atom stereocenters. The summed E-state index contributed by atoms with van der Waals surface area (Å²) >= 11 is 2.02. The highest BCUT2D eigenvalue weighted by Gasteiger charge is 2.22. The van der Waals surface area contributed by atoms with Gasteiger partial charge >= 0.3 is 0 Å². The van der Waals surface area contributed by atoms with Gasteiger partial charge < -0.3 is 4.57 Å². The van der Waals surface area contributed by atoms with Crippen LogP contribution in [0.1, 0.15) is 42.8 Å². The smallest absolute Gasteiger partial charge is 0.123 e. The number of hydrogen-bond donors (Lipinski definition) is 0. The van der Waals surface area contributed by atoms with E-state index in [1.807, 2.05) is 30.0 Å². The van der Waals surface area contributed by atoms with E-state index < -0.39 is 0 Å². The van der Waals surface area contributed by atoms with Crippen molar-refractivity contribution in [1.29, 1.82) is 5.26 Å². The molecule has 1 fully saturated rings. The fourth-order valence-electron chi connectivity index (χ4n) is 2.74. The Morgan fingerprint density at radius 1 is 1.47 bits per heavy atom. The number of rotatable bonds is 2. The predicted octanol–water partition coefficient (Wildman–Crippen LogP) is 3.89. The van der Waals surface area contributed by atoms with Crippen LogP contribution in [0.4, 0.5) is 0 Å². The Balaban J connectivity index is 2.10. The summed E-state index contributed by atoms with van der Waals surface area (Å²) in [5.41, 5.74) is 2.81. The number of aromatic nitrogens is 2. The van der Waals surface area contributed by atoms with Crippen LogP contribution in [0, 0.1) is 11.3 Å². The first-order chi connectivity index (χ1) is 9.33. The number of hydrogen-bond acceptors (Lipinski definition) is 3. The number of aryl methyl sites for hydroxylation is 1. The Bertz CT molecular complexity index is 633. The van der Waals surface area contributed by atoms with Crippen molar-refractivity contribution in [3.8, 4) is 6.07 Å². The molecule has 3 rings (SSSR count). The lowest BCUT2D eigenvalue weighted by molar-refractivity contribution is 0.625. The molecule has 0 amide bonds. The molecule has 1 saturated heterocycles. The Hall–Kier alpha value is -1.47. The van der Waals surface area contributed by atoms with E-state index in [0.717, 1.165) is 17.6 Å². The number of benzene rings is 1. The van der Waals surface area contributed by atoms with Gasteiger partial charge in [0.05, 0.1) is 27.9 Å². The average molecular weight is 271 g/mol. The van der Waals surface area contributed by atoms with Crippen molar-refractivity contribution in [2.75, 3.05) is 5.75 Å². The number of imidazole rings is 1. The van der Waals surface area contributed by atoms with Crippen LogP contribution in [0.2, 0.25) is 0 Å². The molecule has 1 aliphatic heterocycles. The molecule has 98 valence electrons. The van der Waals surface area contributed by atoms with Crippen LogP contribution >= 0.6 is 11.8 Å². The van der Waals surface area contributed by atoms with E-state index in [2.05, 4.69) is 17.6 Å². The Morgan fingerprint density at radius 3 is 3.05 bits per heavy atom. The standard InChI is InChI=1S/C15H17N3S/c1-2-18-13-7-6-11(10-16)9-12(13)17-15(18)14-5-3-4-8-19-14/h6-7,9,14H,2-5,8H2,1H3. The predicted molar refractivity (Wildman–Crippen MR) is 79.2 cm³/mol. The lowest BCUT2D eigenvalue weighted by atomic mass is 10.2. The molecule has 0 spiro atoms. The zero-order valence-corrected chi connectivity index (χ0v) is 11.9. The summed E-state index contributed by atoms with van der Waals surface area (Å²) in [5, 5.41) is 9.51. The molecule has 0 saturated carbocycles. The second-order valence-electron chi connectivity index (χ2n) is 4.88. The molecule has 0 aliphatic carbocycles. The van der Waals surface area contributed by atoms with Crippen LogP contribution in [0.3, 0.4) is 0 Å². The van der Waals surface area contributed by atoms with Gasteiger partial charge in [-0.3, -0.25) is 0 Å². The van der Waals surface area contributed by atoms with Gasteiger partial charge in [-0.2, -0.15) is 17.0 Å². The summed E-state index contributed by atoms with van der Waals surface area (Å²) in [6, 6.07) is 8.00. The van der Waals surface area contributed by atoms with E-state index >= 15 is 0 Å². The molecular weight excluding hydrogens is 254 g/mol. The highest BCUT2D eigenvalue weighted by atomic mass is 32.2. The second-order valence-corrected chi connectivity index (χ2v) is 6.20. The van der Waals surface area contributed by atoms with Gasteiger partial charge in [-0.15, -0.1) is 0 Å². The summed E-state index contributed by atoms with van der Waals surface area (Å²) in [6.45, 7) is 3.10. The average Bonchev–Trinajstić information content (AvgIpc) is 2.85. The maximum Gasteiger partial charge on any atom is 0.123 e. The lowest BCUT2D eigenvalue weighted by Gasteiger charge is -2.21. The maximum atomic E-state index is 8.99. The zero-order valence-electron chi connectivity index (χ0n) is 11.1. The minimum atomic E-state index is 0.520. The first-order valence-electron chi connectivity index (χ1n) is 6.85. The summed E-state index contributed by atoms with van der Waals surface area (Å²) in [6.07, 6.45) is 3.85. The summed E-state index contributed by atoms with van der Waals surface area (Å²) in [5.74, 6) is 2.43. The van der Waals surface area contributed by atoms with Crippen molar-refractivity contribution in [1.82, 2.24) is 9.55 Å². The van der Waals surface area contributed by atoms with Crippen molar-refractivity contribution in [3.05, 3.63) is 29.6 Å². The largest absolute Gasteiger partial charge is 0.327 e. The van der Waals surface area contributed by atoms with Crippen LogP contribution in [0.5, 0.6) is 0 Å². The van der Waals surface area contributed by atoms with Crippen molar-refractivity contribution in [2.24, 2.45) is 0 Å². The van der Waals surface area contributed by atoms with Gasteiger partial charge in [-0.05, 0) is 43.7 Å². The van der Waals surface area contributed by atoms with Gasteiger partial charge in [0.25, 0.3) is 0 Å². The van der Waals surface area contributed by atoms with Crippen molar-refractivity contribution in [3.63, 3.8) is 0 Å². The van der Waals surface area contributed by atoms with E-state index in [-0.39, 0.29) is 0 Å². The fraction of sp³-hybridized carbons (Fsp3) is 0.467. The lowest BCUT2D eigenvalue weighted by Crippen LogP contribution is -2.09. The highest BCUT2D eigenvalue weighted by Crippen LogP contribution is 2.38. The third-order valence-electron chi connectivity index (χ3n) is 3.69. The monoisotopic (exact) mass is 271 g/mol. The van der Waals surface area contributed by atoms with Crippen LogP contribution in [-0.2, 0) is 6.54 Å². The quantitative estimate of drug-likeness (QED) is 0.832. The molecule has 1 atom stereocenters. The number of nitrogens with zero attached hydrogens (tertiary/aromatic N) is 3. The minimum Gasteiger partial charge on any atom is -0.327 e. The molecule has 19 heavy (non-hydrogen) atoms. The molecule has 4 heteroatoms. The number of thioether (sulfide) groups is 1. The van der Waals surface area contributed by atoms with Crippen LogP contribution < -0.4 is 0 Å². The topological polar surface area (TPSA) is 41.6 Å². The van der Waals surface area contributed by atoms with Crippen molar-refractivity contribution >= 4 is 22.8 Å². The molecule has 0 N–H and O–H groups in total. The summed E-state index contributed by atoms with van der Waals surface area (Å²) in [7, 11) is 0. The second kappa shape index (κ2) is 5.26. The minimum absolute atomic E-state index is 0.520. The van der Waals surface area contributed by atoms with Gasteiger partial charge in [0.15, 0.2) is 0 Å². The molecule has 3 nitrogen and oxygen atoms in total. The van der Waals surface area contributed by atoms with Gasteiger partial charge in [0.2, 0.25) is 0 Å². The van der Waals surface area contributed by atoms with E-state index in [1.165, 1.54) is 30.8 Å². The molecule has 0 radical (unpaired) electrons. The molecule has 1 aromatic carbocycles. The normalized spacial score (nSPS) is 19.5. The zero-order chi connectivity index (χ0) is 13.2. The van der Waals surface area contributed by atoms with Gasteiger partial charge in [0.1, 0.15) is 5.82 Å². The van der Waals surface area contributed by atoms with Gasteiger partial charge in [-0.25, -0.2) is 4.98 Å². The molecule has 2 aromatic rings. The summed E-state index contributed by atoms with van der Waals surface area (Å²) in [4.78, 5) is 4.81. The maximum absolute atomic E-state index is 8.99. The van der Waals surface area contributed by atoms with Crippen LogP contribution in [0.15, 0.2) is 18.2 Å². The number of fused-ring (bicyclic) bond motifs is 1. The van der Waals surface area contributed by atoms with Crippen LogP contribution in [0.25, 0.3) is 11.0 Å². The molecule has 2 heterocycles. The van der Waals surface area contributed by atoms with E-state index in [4.69, 9.17) is 10.2 Å². The van der Waals surface area contributed by atoms with Crippen LogP contribution in [-0.4, -0.2) is 15.3 Å². The number of nitriles is 1. The third-order valence-corrected chi connectivity index (χ3v) is 5.06. The van der Waals surface area contributed by atoms with Gasteiger partial charge in [-0.1, -0.05) is 6.42 Å². The Labute approximate surface area is 117 Å². The van der Waals surface area contributed by atoms with Crippen molar-refractivity contribution in [2.45, 2.75) is 38.0 Å².